The molecule has 0 fully saturated rings. The number of rotatable bonds is 3. The number of hydrogen-bond acceptors (Lipinski definition) is 1. The highest BCUT2D eigenvalue weighted by Crippen LogP contribution is 2.43. The molecule has 2 aliphatic rings. The number of fused-ring (bicyclic) bond motifs is 1. The zero-order valence-corrected chi connectivity index (χ0v) is 14.6. The molecule has 0 radical (unpaired) electrons. The highest BCUT2D eigenvalue weighted by molar-refractivity contribution is 7.99. The largest absolute Gasteiger partial charge is 0.0894 e. The first-order chi connectivity index (χ1) is 10.6. The Morgan fingerprint density at radius 1 is 0.818 bits per heavy atom. The van der Waals surface area contributed by atoms with Crippen LogP contribution in [-0.4, -0.2) is 0 Å². The molecule has 0 saturated heterocycles. The van der Waals surface area contributed by atoms with Gasteiger partial charge in [-0.15, -0.1) is 0 Å². The van der Waals surface area contributed by atoms with Gasteiger partial charge in [0.05, 0.1) is 0 Å². The lowest BCUT2D eigenvalue weighted by atomic mass is 10.1. The topological polar surface area (TPSA) is 0 Å². The van der Waals surface area contributed by atoms with E-state index < -0.39 is 0 Å². The molecule has 0 nitrogen and oxygen atoms in total. The highest BCUT2D eigenvalue weighted by Gasteiger charge is 2.16. The van der Waals surface area contributed by atoms with Gasteiger partial charge in [0.15, 0.2) is 0 Å². The molecule has 0 saturated carbocycles. The van der Waals surface area contributed by atoms with E-state index in [1.807, 2.05) is 11.8 Å². The van der Waals surface area contributed by atoms with Crippen molar-refractivity contribution in [2.24, 2.45) is 0 Å². The van der Waals surface area contributed by atoms with Gasteiger partial charge < -0.3 is 0 Å². The van der Waals surface area contributed by atoms with E-state index in [0.29, 0.717) is 0 Å². The molecule has 0 atom stereocenters. The fourth-order valence-corrected chi connectivity index (χ4v) is 3.99. The average molecular weight is 306 g/mol. The zero-order chi connectivity index (χ0) is 15.7. The van der Waals surface area contributed by atoms with Crippen LogP contribution in [0.1, 0.15) is 29.2 Å². The molecule has 112 valence electrons. The normalized spacial score (nSPS) is 11.1. The maximum Gasteiger partial charge on any atom is 0.0206 e. The third kappa shape index (κ3) is 2.91. The summed E-state index contributed by atoms with van der Waals surface area (Å²) < 4.78 is 0. The summed E-state index contributed by atoms with van der Waals surface area (Å²) in [5.74, 6) is 0. The molecule has 0 bridgehead atoms. The summed E-state index contributed by atoms with van der Waals surface area (Å²) >= 11 is 1.87. The smallest absolute Gasteiger partial charge is 0.0206 e. The second-order valence-electron chi connectivity index (χ2n) is 5.98. The van der Waals surface area contributed by atoms with E-state index in [2.05, 4.69) is 76.2 Å². The van der Waals surface area contributed by atoms with Crippen LogP contribution < -0.4 is 0 Å². The lowest BCUT2D eigenvalue weighted by Gasteiger charge is -2.05. The summed E-state index contributed by atoms with van der Waals surface area (Å²) in [5, 5.41) is 0. The molecule has 0 aliphatic heterocycles. The van der Waals surface area contributed by atoms with E-state index in [9.17, 15) is 0 Å². The standard InChI is InChI=1S/C21H22S/c1-5-17-9-8-15(3)21-19(13-17)16(4)12-20(21)22-18-10-6-14(2)7-11-18/h6-13H,5H2,1-4H3. The van der Waals surface area contributed by atoms with Gasteiger partial charge >= 0.3 is 0 Å². The van der Waals surface area contributed by atoms with E-state index in [4.69, 9.17) is 0 Å². The Hall–Kier alpha value is -1.73. The van der Waals surface area contributed by atoms with Gasteiger partial charge in [0, 0.05) is 9.79 Å². The van der Waals surface area contributed by atoms with Crippen molar-refractivity contribution in [1.82, 2.24) is 0 Å². The Morgan fingerprint density at radius 2 is 1.55 bits per heavy atom. The van der Waals surface area contributed by atoms with Crippen LogP contribution in [0.5, 0.6) is 0 Å². The molecule has 1 heteroatoms. The van der Waals surface area contributed by atoms with Crippen molar-refractivity contribution in [2.45, 2.75) is 43.9 Å². The first-order valence-corrected chi connectivity index (χ1v) is 8.67. The SMILES string of the molecule is CCc1ccc(C)c2c(Sc3ccc(C)cc3)cc(C)c-2c1. The van der Waals surface area contributed by atoms with Crippen LogP contribution in [0.4, 0.5) is 0 Å². The van der Waals surface area contributed by atoms with Crippen molar-refractivity contribution in [1.29, 1.82) is 0 Å². The molecule has 0 spiro atoms. The van der Waals surface area contributed by atoms with Crippen molar-refractivity contribution in [2.75, 3.05) is 0 Å². The monoisotopic (exact) mass is 306 g/mol. The van der Waals surface area contributed by atoms with Gasteiger partial charge in [0.25, 0.3) is 0 Å². The van der Waals surface area contributed by atoms with Crippen molar-refractivity contribution in [3.05, 3.63) is 70.8 Å². The van der Waals surface area contributed by atoms with Gasteiger partial charge in [-0.3, -0.25) is 0 Å². The quantitative estimate of drug-likeness (QED) is 0.537. The minimum atomic E-state index is 1.08. The van der Waals surface area contributed by atoms with Crippen LogP contribution in [0, 0.1) is 20.8 Å². The van der Waals surface area contributed by atoms with E-state index in [1.165, 1.54) is 43.2 Å². The molecule has 0 amide bonds. The van der Waals surface area contributed by atoms with E-state index in [1.54, 1.807) is 0 Å². The summed E-state index contributed by atoms with van der Waals surface area (Å²) in [6.07, 6.45) is 1.08. The van der Waals surface area contributed by atoms with Crippen LogP contribution in [0.2, 0.25) is 0 Å². The molecule has 22 heavy (non-hydrogen) atoms. The minimum Gasteiger partial charge on any atom is -0.0894 e. The molecule has 0 N–H and O–H groups in total. The Bertz CT molecular complexity index is 769. The van der Waals surface area contributed by atoms with Crippen molar-refractivity contribution < 1.29 is 0 Å². The van der Waals surface area contributed by atoms with Crippen molar-refractivity contribution in [3.8, 4) is 11.1 Å². The lowest BCUT2D eigenvalue weighted by Crippen LogP contribution is -1.80. The maximum absolute atomic E-state index is 2.36. The molecule has 0 heterocycles. The van der Waals surface area contributed by atoms with Gasteiger partial charge in [0.1, 0.15) is 0 Å². The maximum atomic E-state index is 2.36. The van der Waals surface area contributed by atoms with Gasteiger partial charge in [-0.2, -0.15) is 0 Å². The van der Waals surface area contributed by atoms with Crippen molar-refractivity contribution in [3.63, 3.8) is 0 Å². The van der Waals surface area contributed by atoms with E-state index in [0.717, 1.165) is 6.42 Å². The van der Waals surface area contributed by atoms with E-state index in [-0.39, 0.29) is 0 Å². The molecule has 0 aromatic heterocycles. The summed E-state index contributed by atoms with van der Waals surface area (Å²) in [6.45, 7) is 8.80. The predicted octanol–water partition coefficient (Wildman–Crippen LogP) is 6.43. The second-order valence-corrected chi connectivity index (χ2v) is 7.10. The Balaban J connectivity index is 2.08. The Kier molecular flexibility index (Phi) is 4.26. The fraction of sp³-hybridized carbons (Fsp3) is 0.238. The number of aryl methyl sites for hydroxylation is 4. The first-order valence-electron chi connectivity index (χ1n) is 7.86. The number of benzene rings is 1. The molecule has 2 aliphatic carbocycles. The minimum absolute atomic E-state index is 1.08. The average Bonchev–Trinajstić information content (AvgIpc) is 2.69. The third-order valence-corrected chi connectivity index (χ3v) is 5.27. The van der Waals surface area contributed by atoms with Gasteiger partial charge in [-0.25, -0.2) is 0 Å². The second kappa shape index (κ2) is 6.18. The lowest BCUT2D eigenvalue weighted by molar-refractivity contribution is 1.15. The third-order valence-electron chi connectivity index (χ3n) is 4.22. The van der Waals surface area contributed by atoms with Crippen LogP contribution in [-0.2, 0) is 6.42 Å². The molecule has 3 rings (SSSR count). The molecular formula is C21H22S. The highest BCUT2D eigenvalue weighted by atomic mass is 32.2. The Morgan fingerprint density at radius 3 is 2.23 bits per heavy atom. The predicted molar refractivity (Wildman–Crippen MR) is 97.2 cm³/mol. The Labute approximate surface area is 137 Å². The first kappa shape index (κ1) is 15.2. The summed E-state index contributed by atoms with van der Waals surface area (Å²) in [7, 11) is 0. The molecule has 1 aromatic carbocycles. The van der Waals surface area contributed by atoms with Crippen molar-refractivity contribution >= 4 is 11.8 Å². The zero-order valence-electron chi connectivity index (χ0n) is 13.7. The molecule has 0 unspecified atom stereocenters. The summed E-state index contributed by atoms with van der Waals surface area (Å²) in [6, 6.07) is 18.0. The van der Waals surface area contributed by atoms with Gasteiger partial charge in [0.2, 0.25) is 0 Å². The number of hydrogen-bond donors (Lipinski definition) is 0. The summed E-state index contributed by atoms with van der Waals surface area (Å²) in [4.78, 5) is 2.67. The van der Waals surface area contributed by atoms with E-state index >= 15 is 0 Å². The van der Waals surface area contributed by atoms with Crippen LogP contribution >= 0.6 is 11.8 Å². The van der Waals surface area contributed by atoms with Crippen LogP contribution in [0.15, 0.2) is 58.3 Å². The fourth-order valence-electron chi connectivity index (χ4n) is 2.85. The van der Waals surface area contributed by atoms with Crippen LogP contribution in [0.3, 0.4) is 0 Å². The summed E-state index contributed by atoms with van der Waals surface area (Å²) in [5.41, 5.74) is 8.24. The van der Waals surface area contributed by atoms with Gasteiger partial charge in [-0.05, 0) is 73.2 Å². The molecule has 1 aromatic rings. The van der Waals surface area contributed by atoms with Crippen LogP contribution in [0.25, 0.3) is 11.1 Å². The van der Waals surface area contributed by atoms with Gasteiger partial charge in [-0.1, -0.05) is 54.6 Å². The molecular weight excluding hydrogens is 284 g/mol.